The molecular weight excluding hydrogens is 468 g/mol. The van der Waals surface area contributed by atoms with Gasteiger partial charge in [0.15, 0.2) is 0 Å². The van der Waals surface area contributed by atoms with Crippen molar-refractivity contribution in [3.63, 3.8) is 0 Å². The average molecular weight is 488 g/mol. The fraction of sp³-hybridized carbons (Fsp3) is 0.136. The molecule has 0 aliphatic carbocycles. The van der Waals surface area contributed by atoms with E-state index in [4.69, 9.17) is 0 Å². The molecule has 0 fully saturated rings. The molecule has 3 rings (SSSR count). The Labute approximate surface area is 184 Å². The van der Waals surface area contributed by atoms with E-state index in [0.717, 1.165) is 15.6 Å². The number of carbonyl (C=O) groups is 1. The summed E-state index contributed by atoms with van der Waals surface area (Å²) in [5.41, 5.74) is 4.20. The van der Waals surface area contributed by atoms with E-state index < -0.39 is 15.9 Å². The second kappa shape index (κ2) is 9.53. The van der Waals surface area contributed by atoms with Crippen molar-refractivity contribution in [3.05, 3.63) is 105 Å². The van der Waals surface area contributed by atoms with Gasteiger partial charge in [-0.15, -0.1) is 0 Å². The Morgan fingerprint density at radius 3 is 1.90 bits per heavy atom. The summed E-state index contributed by atoms with van der Waals surface area (Å²) in [6, 6.07) is 20.5. The first-order valence-electron chi connectivity index (χ1n) is 9.12. The van der Waals surface area contributed by atoms with E-state index in [9.17, 15) is 18.4 Å². The van der Waals surface area contributed by atoms with E-state index in [2.05, 4.69) is 15.9 Å². The number of amides is 1. The Morgan fingerprint density at radius 1 is 0.900 bits per heavy atom. The highest BCUT2D eigenvalue weighted by Crippen LogP contribution is 2.23. The molecule has 0 atom stereocenters. The van der Waals surface area contributed by atoms with Gasteiger partial charge in [-0.2, -0.15) is 4.31 Å². The van der Waals surface area contributed by atoms with E-state index in [1.165, 1.54) is 21.9 Å². The van der Waals surface area contributed by atoms with Gasteiger partial charge in [0.1, 0.15) is 0 Å². The number of nitrogens with zero attached hydrogens (tertiary/aromatic N) is 1. The van der Waals surface area contributed by atoms with Crippen LogP contribution in [0.25, 0.3) is 0 Å². The molecule has 156 valence electrons. The van der Waals surface area contributed by atoms with E-state index in [1.807, 2.05) is 31.2 Å². The zero-order chi connectivity index (χ0) is 21.7. The number of halogens is 1. The number of nitrogens with one attached hydrogen (secondary N) is 1. The Balaban J connectivity index is 1.93. The van der Waals surface area contributed by atoms with Gasteiger partial charge in [-0.1, -0.05) is 57.9 Å². The topological polar surface area (TPSA) is 89.5 Å². The van der Waals surface area contributed by atoms with Crippen molar-refractivity contribution < 1.29 is 13.2 Å². The van der Waals surface area contributed by atoms with E-state index >= 15 is 0 Å². The highest BCUT2D eigenvalue weighted by Gasteiger charge is 2.25. The van der Waals surface area contributed by atoms with Crippen LogP contribution in [0.5, 0.6) is 0 Å². The van der Waals surface area contributed by atoms with Crippen LogP contribution in [0.2, 0.25) is 0 Å². The first-order valence-corrected chi connectivity index (χ1v) is 11.4. The van der Waals surface area contributed by atoms with Crippen molar-refractivity contribution in [1.82, 2.24) is 9.79 Å². The van der Waals surface area contributed by atoms with Crippen molar-refractivity contribution >= 4 is 31.9 Å². The second-order valence-electron chi connectivity index (χ2n) is 6.84. The largest absolute Gasteiger partial charge is 0.759 e. The highest BCUT2D eigenvalue weighted by atomic mass is 79.9. The molecule has 6 nitrogen and oxygen atoms in total. The van der Waals surface area contributed by atoms with Gasteiger partial charge in [0.25, 0.3) is 0 Å². The highest BCUT2D eigenvalue weighted by molar-refractivity contribution is 9.10. The normalized spacial score (nSPS) is 11.5. The summed E-state index contributed by atoms with van der Waals surface area (Å²) in [6.45, 7) is 2.28. The molecule has 0 aromatic heterocycles. The maximum Gasteiger partial charge on any atom is 0.243 e. The zero-order valence-corrected chi connectivity index (χ0v) is 18.6. The lowest BCUT2D eigenvalue weighted by atomic mass is 10.1. The average Bonchev–Trinajstić information content (AvgIpc) is 2.75. The molecule has 0 radical (unpaired) electrons. The van der Waals surface area contributed by atoms with Crippen LogP contribution < -0.4 is 5.48 Å². The summed E-state index contributed by atoms with van der Waals surface area (Å²) in [4.78, 5) is 11.6. The standard InChI is InChI=1S/C22H20BrN2O4S/c1-16-2-4-17(5-3-16)14-25(30(28,29)21-12-10-20(23)11-13-21)15-18-6-8-19(9-7-18)22(26)24-27/h2-13H,14-15H2,1H3,(H-,24,26,27)/q-1. The molecule has 0 aliphatic heterocycles. The number of hydrogen-bond acceptors (Lipinski definition) is 4. The molecule has 0 aliphatic rings. The molecule has 0 spiro atoms. The van der Waals surface area contributed by atoms with Crippen LogP contribution in [0.1, 0.15) is 27.0 Å². The predicted octanol–water partition coefficient (Wildman–Crippen LogP) is 4.38. The summed E-state index contributed by atoms with van der Waals surface area (Å²) >= 11 is 3.32. The Kier molecular flexibility index (Phi) is 7.04. The molecule has 1 amide bonds. The summed E-state index contributed by atoms with van der Waals surface area (Å²) in [5.74, 6) is -0.736. The molecule has 3 aromatic rings. The molecule has 30 heavy (non-hydrogen) atoms. The second-order valence-corrected chi connectivity index (χ2v) is 9.69. The van der Waals surface area contributed by atoms with Crippen molar-refractivity contribution in [2.45, 2.75) is 24.9 Å². The van der Waals surface area contributed by atoms with Gasteiger partial charge in [0.2, 0.25) is 15.9 Å². The molecule has 8 heteroatoms. The van der Waals surface area contributed by atoms with Gasteiger partial charge in [0.05, 0.1) is 4.90 Å². The van der Waals surface area contributed by atoms with Crippen molar-refractivity contribution in [2.24, 2.45) is 0 Å². The molecule has 0 unspecified atom stereocenters. The number of aryl methyl sites for hydroxylation is 1. The predicted molar refractivity (Wildman–Crippen MR) is 119 cm³/mol. The number of benzene rings is 3. The lowest BCUT2D eigenvalue weighted by Gasteiger charge is -2.23. The van der Waals surface area contributed by atoms with Crippen LogP contribution in [0.3, 0.4) is 0 Å². The zero-order valence-electron chi connectivity index (χ0n) is 16.2. The number of sulfonamides is 1. The summed E-state index contributed by atoms with van der Waals surface area (Å²) < 4.78 is 28.9. The van der Waals surface area contributed by atoms with Gasteiger partial charge in [-0.25, -0.2) is 8.42 Å². The van der Waals surface area contributed by atoms with Gasteiger partial charge in [0, 0.05) is 23.1 Å². The first-order chi connectivity index (χ1) is 14.3. The molecule has 0 bridgehead atoms. The maximum atomic E-state index is 13.3. The van der Waals surface area contributed by atoms with Gasteiger partial charge >= 0.3 is 0 Å². The van der Waals surface area contributed by atoms with Crippen LogP contribution in [0.4, 0.5) is 0 Å². The fourth-order valence-electron chi connectivity index (χ4n) is 2.90. The molecule has 3 aromatic carbocycles. The minimum atomic E-state index is -3.77. The summed E-state index contributed by atoms with van der Waals surface area (Å²) in [5, 5.41) is 10.5. The number of hydroxylamine groups is 1. The lowest BCUT2D eigenvalue weighted by molar-refractivity contribution is 0.0970. The monoisotopic (exact) mass is 487 g/mol. The minimum absolute atomic E-state index is 0.117. The molecule has 0 heterocycles. The molecule has 0 saturated carbocycles. The Bertz CT molecular complexity index is 1110. The third-order valence-electron chi connectivity index (χ3n) is 4.60. The molecule has 1 N–H and O–H groups in total. The van der Waals surface area contributed by atoms with E-state index in [1.54, 1.807) is 36.4 Å². The van der Waals surface area contributed by atoms with Crippen LogP contribution in [0, 0.1) is 12.1 Å². The Morgan fingerprint density at radius 2 is 1.40 bits per heavy atom. The molecule has 0 saturated heterocycles. The van der Waals surface area contributed by atoms with Crippen molar-refractivity contribution in [2.75, 3.05) is 0 Å². The SMILES string of the molecule is Cc1ccc(CN(Cc2ccc(C(=O)N[O-])cc2)S(=O)(=O)c2ccc(Br)cc2)cc1. The van der Waals surface area contributed by atoms with Crippen LogP contribution in [-0.2, 0) is 23.1 Å². The first kappa shape index (κ1) is 22.2. The smallest absolute Gasteiger partial charge is 0.243 e. The van der Waals surface area contributed by atoms with E-state index in [-0.39, 0.29) is 23.5 Å². The fourth-order valence-corrected chi connectivity index (χ4v) is 4.58. The molecular formula is C22H20BrN2O4S-. The van der Waals surface area contributed by atoms with E-state index in [0.29, 0.717) is 5.56 Å². The number of rotatable bonds is 7. The third kappa shape index (κ3) is 5.34. The van der Waals surface area contributed by atoms with Gasteiger partial charge in [-0.3, -0.25) is 4.79 Å². The number of carbonyl (C=O) groups excluding carboxylic acids is 1. The van der Waals surface area contributed by atoms with Gasteiger partial charge in [-0.05, 0) is 54.4 Å². The maximum absolute atomic E-state index is 13.3. The third-order valence-corrected chi connectivity index (χ3v) is 6.93. The van der Waals surface area contributed by atoms with Crippen molar-refractivity contribution in [3.8, 4) is 0 Å². The van der Waals surface area contributed by atoms with Gasteiger partial charge < -0.3 is 10.7 Å². The van der Waals surface area contributed by atoms with Crippen LogP contribution >= 0.6 is 15.9 Å². The Hall–Kier alpha value is -2.52. The van der Waals surface area contributed by atoms with Crippen LogP contribution in [0.15, 0.2) is 82.2 Å². The van der Waals surface area contributed by atoms with Crippen molar-refractivity contribution in [1.29, 1.82) is 0 Å². The summed E-state index contributed by atoms with van der Waals surface area (Å²) in [6.07, 6.45) is 0. The quantitative estimate of drug-likeness (QED) is 0.500. The summed E-state index contributed by atoms with van der Waals surface area (Å²) in [7, 11) is -3.77. The number of hydrogen-bond donors (Lipinski definition) is 1. The minimum Gasteiger partial charge on any atom is -0.759 e. The lowest BCUT2D eigenvalue weighted by Crippen LogP contribution is -2.30. The van der Waals surface area contributed by atoms with Crippen LogP contribution in [-0.4, -0.2) is 18.6 Å².